The summed E-state index contributed by atoms with van der Waals surface area (Å²) in [6.45, 7) is 4.51. The van der Waals surface area contributed by atoms with Gasteiger partial charge in [-0.05, 0) is 26.3 Å². The van der Waals surface area contributed by atoms with Crippen LogP contribution in [0.3, 0.4) is 0 Å². The van der Waals surface area contributed by atoms with Crippen LogP contribution in [-0.2, 0) is 4.74 Å². The minimum absolute atomic E-state index is 0.0591. The second-order valence-corrected chi connectivity index (χ2v) is 6.11. The lowest BCUT2D eigenvalue weighted by atomic mass is 10.2. The predicted molar refractivity (Wildman–Crippen MR) is 67.1 cm³/mol. The fourth-order valence-corrected chi connectivity index (χ4v) is 3.67. The molecule has 2 atom stereocenters. The Bertz CT molecular complexity index is 474. The third-order valence-corrected chi connectivity index (χ3v) is 4.74. The third-order valence-electron chi connectivity index (χ3n) is 3.68. The van der Waals surface area contributed by atoms with E-state index in [0.717, 1.165) is 29.6 Å². The molecule has 2 aliphatic heterocycles. The molecular weight excluding hydrogens is 252 g/mol. The van der Waals surface area contributed by atoms with Crippen LogP contribution in [0.2, 0.25) is 0 Å². The average Bonchev–Trinajstić information content (AvgIpc) is 2.93. The van der Waals surface area contributed by atoms with Crippen LogP contribution >= 0.6 is 11.3 Å². The molecule has 6 heteroatoms. The van der Waals surface area contributed by atoms with Gasteiger partial charge in [0.1, 0.15) is 11.1 Å². The van der Waals surface area contributed by atoms with Crippen molar-refractivity contribution in [3.8, 4) is 0 Å². The first-order valence-corrected chi connectivity index (χ1v) is 7.03. The Morgan fingerprint density at radius 1 is 1.61 bits per heavy atom. The second kappa shape index (κ2) is 4.60. The predicted octanol–water partition coefficient (Wildman–Crippen LogP) is 1.69. The van der Waals surface area contributed by atoms with E-state index < -0.39 is 5.97 Å². The molecule has 0 aromatic carbocycles. The molecule has 1 aromatic rings. The minimum Gasteiger partial charge on any atom is -0.476 e. The highest BCUT2D eigenvalue weighted by Crippen LogP contribution is 2.32. The van der Waals surface area contributed by atoms with Gasteiger partial charge in [-0.1, -0.05) is 0 Å². The van der Waals surface area contributed by atoms with E-state index in [-0.39, 0.29) is 11.8 Å². The van der Waals surface area contributed by atoms with E-state index in [1.165, 1.54) is 24.2 Å². The lowest BCUT2D eigenvalue weighted by Crippen LogP contribution is -2.42. The second-order valence-electron chi connectivity index (χ2n) is 4.88. The summed E-state index contributed by atoms with van der Waals surface area (Å²) in [6.07, 6.45) is 2.39. The Morgan fingerprint density at radius 2 is 2.44 bits per heavy atom. The lowest BCUT2D eigenvalue weighted by molar-refractivity contribution is -0.0502. The topological polar surface area (TPSA) is 62.7 Å². The highest BCUT2D eigenvalue weighted by Gasteiger charge is 2.34. The van der Waals surface area contributed by atoms with E-state index in [4.69, 9.17) is 9.84 Å². The Balaban J connectivity index is 1.78. The molecule has 0 bridgehead atoms. The van der Waals surface area contributed by atoms with Gasteiger partial charge in [-0.2, -0.15) is 0 Å². The number of hydrogen-bond donors (Lipinski definition) is 1. The Labute approximate surface area is 109 Å². The standard InChI is InChI=1S/C12H16N2O3S/c1-7-10(12(15)16)13-11(18-7)9-5-14-4-2-3-8(14)6-17-9/h8-9H,2-6H2,1H3,(H,15,16). The van der Waals surface area contributed by atoms with Crippen LogP contribution in [0.15, 0.2) is 0 Å². The molecule has 0 spiro atoms. The van der Waals surface area contributed by atoms with Gasteiger partial charge >= 0.3 is 5.97 Å². The molecule has 98 valence electrons. The molecule has 5 nitrogen and oxygen atoms in total. The van der Waals surface area contributed by atoms with Gasteiger partial charge in [0.25, 0.3) is 0 Å². The van der Waals surface area contributed by atoms with Crippen LogP contribution in [0, 0.1) is 6.92 Å². The maximum absolute atomic E-state index is 11.0. The number of aryl methyl sites for hydroxylation is 1. The molecule has 3 rings (SSSR count). The number of morpholine rings is 1. The van der Waals surface area contributed by atoms with Crippen molar-refractivity contribution in [2.45, 2.75) is 31.9 Å². The van der Waals surface area contributed by atoms with Crippen LogP contribution in [-0.4, -0.2) is 46.7 Å². The number of aromatic carboxylic acids is 1. The largest absolute Gasteiger partial charge is 0.476 e. The molecule has 2 saturated heterocycles. The van der Waals surface area contributed by atoms with Crippen LogP contribution in [0.4, 0.5) is 0 Å². The lowest BCUT2D eigenvalue weighted by Gasteiger charge is -2.34. The summed E-state index contributed by atoms with van der Waals surface area (Å²) in [5.41, 5.74) is 0.169. The van der Waals surface area contributed by atoms with Gasteiger partial charge in [-0.3, -0.25) is 4.90 Å². The van der Waals surface area contributed by atoms with Crippen LogP contribution < -0.4 is 0 Å². The van der Waals surface area contributed by atoms with Crippen LogP contribution in [0.1, 0.15) is 39.3 Å². The van der Waals surface area contributed by atoms with E-state index in [9.17, 15) is 4.79 Å². The molecule has 18 heavy (non-hydrogen) atoms. The molecule has 0 saturated carbocycles. The molecule has 1 aromatic heterocycles. The summed E-state index contributed by atoms with van der Waals surface area (Å²) in [7, 11) is 0. The van der Waals surface area contributed by atoms with E-state index >= 15 is 0 Å². The number of carbonyl (C=O) groups is 1. The zero-order valence-corrected chi connectivity index (χ0v) is 11.1. The van der Waals surface area contributed by atoms with Crippen molar-refractivity contribution in [3.63, 3.8) is 0 Å². The molecular formula is C12H16N2O3S. The van der Waals surface area contributed by atoms with Crippen molar-refractivity contribution in [1.82, 2.24) is 9.88 Å². The first-order valence-electron chi connectivity index (χ1n) is 6.21. The van der Waals surface area contributed by atoms with Crippen molar-refractivity contribution >= 4 is 17.3 Å². The summed E-state index contributed by atoms with van der Waals surface area (Å²) in [5.74, 6) is -0.954. The van der Waals surface area contributed by atoms with Crippen molar-refractivity contribution in [2.75, 3.05) is 19.7 Å². The van der Waals surface area contributed by atoms with Gasteiger partial charge in [0.05, 0.1) is 6.61 Å². The summed E-state index contributed by atoms with van der Waals surface area (Å²) in [6, 6.07) is 0.557. The molecule has 2 unspecified atom stereocenters. The van der Waals surface area contributed by atoms with E-state index in [1.54, 1.807) is 6.92 Å². The fourth-order valence-electron chi connectivity index (χ4n) is 2.72. The number of rotatable bonds is 2. The first kappa shape index (κ1) is 12.1. The van der Waals surface area contributed by atoms with E-state index in [0.29, 0.717) is 6.04 Å². The minimum atomic E-state index is -0.954. The first-order chi connectivity index (χ1) is 8.65. The summed E-state index contributed by atoms with van der Waals surface area (Å²) in [4.78, 5) is 18.4. The molecule has 2 fully saturated rings. The zero-order chi connectivity index (χ0) is 12.7. The number of aromatic nitrogens is 1. The highest BCUT2D eigenvalue weighted by atomic mass is 32.1. The quantitative estimate of drug-likeness (QED) is 0.884. The molecule has 3 heterocycles. The fraction of sp³-hybridized carbons (Fsp3) is 0.667. The monoisotopic (exact) mass is 268 g/mol. The summed E-state index contributed by atoms with van der Waals surface area (Å²) < 4.78 is 5.84. The Morgan fingerprint density at radius 3 is 3.17 bits per heavy atom. The number of hydrogen-bond acceptors (Lipinski definition) is 5. The third kappa shape index (κ3) is 2.04. The molecule has 1 N–H and O–H groups in total. The van der Waals surface area contributed by atoms with Crippen LogP contribution in [0.5, 0.6) is 0 Å². The van der Waals surface area contributed by atoms with Gasteiger partial charge in [0.15, 0.2) is 5.69 Å². The van der Waals surface area contributed by atoms with Gasteiger partial charge in [0.2, 0.25) is 0 Å². The maximum Gasteiger partial charge on any atom is 0.355 e. The SMILES string of the molecule is Cc1sc(C2CN3CCCC3CO2)nc1C(=O)O. The highest BCUT2D eigenvalue weighted by molar-refractivity contribution is 7.11. The summed E-state index contributed by atoms with van der Waals surface area (Å²) in [5, 5.41) is 9.82. The number of thiazole rings is 1. The van der Waals surface area contributed by atoms with Gasteiger partial charge in [0, 0.05) is 17.5 Å². The van der Waals surface area contributed by atoms with Crippen molar-refractivity contribution in [1.29, 1.82) is 0 Å². The number of ether oxygens (including phenoxy) is 1. The number of nitrogens with zero attached hydrogens (tertiary/aromatic N) is 2. The zero-order valence-electron chi connectivity index (χ0n) is 10.3. The van der Waals surface area contributed by atoms with Crippen molar-refractivity contribution < 1.29 is 14.6 Å². The molecule has 2 aliphatic rings. The number of fused-ring (bicyclic) bond motifs is 1. The Kier molecular flexibility index (Phi) is 3.09. The maximum atomic E-state index is 11.0. The Hall–Kier alpha value is -0.980. The van der Waals surface area contributed by atoms with Gasteiger partial charge in [-0.15, -0.1) is 11.3 Å². The van der Waals surface area contributed by atoms with Crippen LogP contribution in [0.25, 0.3) is 0 Å². The van der Waals surface area contributed by atoms with Gasteiger partial charge in [-0.25, -0.2) is 9.78 Å². The smallest absolute Gasteiger partial charge is 0.355 e. The van der Waals surface area contributed by atoms with Crippen molar-refractivity contribution in [3.05, 3.63) is 15.6 Å². The molecule has 0 aliphatic carbocycles. The van der Waals surface area contributed by atoms with E-state index in [1.807, 2.05) is 0 Å². The summed E-state index contributed by atoms with van der Waals surface area (Å²) >= 11 is 1.44. The normalized spacial score (nSPS) is 28.3. The average molecular weight is 268 g/mol. The molecule has 0 radical (unpaired) electrons. The van der Waals surface area contributed by atoms with Gasteiger partial charge < -0.3 is 9.84 Å². The van der Waals surface area contributed by atoms with E-state index in [2.05, 4.69) is 9.88 Å². The molecule has 0 amide bonds. The van der Waals surface area contributed by atoms with Crippen molar-refractivity contribution in [2.24, 2.45) is 0 Å². The number of carboxylic acid groups (broad SMARTS) is 1. The number of carboxylic acids is 1.